The Morgan fingerprint density at radius 1 is 1.00 bits per heavy atom. The summed E-state index contributed by atoms with van der Waals surface area (Å²) >= 11 is 0. The quantitative estimate of drug-likeness (QED) is 0.777. The number of para-hydroxylation sites is 1. The van der Waals surface area contributed by atoms with Crippen LogP contribution in [0, 0.1) is 19.7 Å². The van der Waals surface area contributed by atoms with E-state index in [-0.39, 0.29) is 18.3 Å². The first-order valence-corrected chi connectivity index (χ1v) is 8.97. The number of aryl methyl sites for hydroxylation is 2. The van der Waals surface area contributed by atoms with Gasteiger partial charge in [0.05, 0.1) is 11.3 Å². The molecule has 1 fully saturated rings. The Labute approximate surface area is 158 Å². The number of rotatable bonds is 4. The predicted molar refractivity (Wildman–Crippen MR) is 101 cm³/mol. The van der Waals surface area contributed by atoms with Crippen LogP contribution in [0.15, 0.2) is 42.5 Å². The van der Waals surface area contributed by atoms with Crippen LogP contribution in [0.2, 0.25) is 0 Å². The number of esters is 1. The number of carbonyl (C=O) groups is 2. The molecule has 0 spiro atoms. The third kappa shape index (κ3) is 4.64. The zero-order chi connectivity index (χ0) is 19.4. The standard InChI is InChI=1S/C21H23FN2O3/c1-15-11-16(2)13-17(12-15)21(26)27-14-20(25)24-9-7-23(8-10-24)19-6-4-3-5-18(19)22/h3-6,11-13H,7-10,14H2,1-2H3. The molecule has 0 aliphatic carbocycles. The van der Waals surface area contributed by atoms with E-state index in [0.717, 1.165) is 11.1 Å². The van der Waals surface area contributed by atoms with E-state index in [1.807, 2.05) is 24.8 Å². The van der Waals surface area contributed by atoms with Crippen molar-refractivity contribution in [2.45, 2.75) is 13.8 Å². The van der Waals surface area contributed by atoms with Gasteiger partial charge in [-0.05, 0) is 38.1 Å². The molecule has 0 aromatic heterocycles. The SMILES string of the molecule is Cc1cc(C)cc(C(=O)OCC(=O)N2CCN(c3ccccc3F)CC2)c1. The Bertz CT molecular complexity index is 825. The molecule has 0 bridgehead atoms. The van der Waals surface area contributed by atoms with Crippen molar-refractivity contribution in [2.75, 3.05) is 37.7 Å². The van der Waals surface area contributed by atoms with Gasteiger partial charge in [0.2, 0.25) is 0 Å². The van der Waals surface area contributed by atoms with Crippen LogP contribution >= 0.6 is 0 Å². The van der Waals surface area contributed by atoms with Crippen molar-refractivity contribution in [3.63, 3.8) is 0 Å². The normalized spacial score (nSPS) is 14.2. The van der Waals surface area contributed by atoms with Gasteiger partial charge < -0.3 is 14.5 Å². The lowest BCUT2D eigenvalue weighted by Crippen LogP contribution is -2.50. The average molecular weight is 370 g/mol. The zero-order valence-corrected chi connectivity index (χ0v) is 15.6. The van der Waals surface area contributed by atoms with Gasteiger partial charge in [-0.3, -0.25) is 4.79 Å². The van der Waals surface area contributed by atoms with Crippen LogP contribution in [0.5, 0.6) is 0 Å². The maximum absolute atomic E-state index is 13.9. The van der Waals surface area contributed by atoms with Gasteiger partial charge in [-0.2, -0.15) is 0 Å². The van der Waals surface area contributed by atoms with E-state index >= 15 is 0 Å². The Balaban J connectivity index is 1.51. The van der Waals surface area contributed by atoms with E-state index in [4.69, 9.17) is 4.74 Å². The summed E-state index contributed by atoms with van der Waals surface area (Å²) in [6.45, 7) is 5.54. The number of anilines is 1. The van der Waals surface area contributed by atoms with Crippen molar-refractivity contribution in [3.8, 4) is 0 Å². The molecule has 0 atom stereocenters. The van der Waals surface area contributed by atoms with Crippen molar-refractivity contribution in [2.24, 2.45) is 0 Å². The average Bonchev–Trinajstić information content (AvgIpc) is 2.65. The lowest BCUT2D eigenvalue weighted by Gasteiger charge is -2.36. The molecule has 3 rings (SSSR count). The first-order valence-electron chi connectivity index (χ1n) is 8.97. The number of ether oxygens (including phenoxy) is 1. The maximum atomic E-state index is 13.9. The molecule has 2 aromatic rings. The highest BCUT2D eigenvalue weighted by atomic mass is 19.1. The molecular formula is C21H23FN2O3. The second-order valence-electron chi connectivity index (χ2n) is 6.77. The van der Waals surface area contributed by atoms with Crippen molar-refractivity contribution in [1.29, 1.82) is 0 Å². The molecule has 1 aliphatic rings. The molecule has 1 heterocycles. The van der Waals surface area contributed by atoms with Gasteiger partial charge in [0.25, 0.3) is 5.91 Å². The lowest BCUT2D eigenvalue weighted by molar-refractivity contribution is -0.134. The molecule has 0 radical (unpaired) electrons. The monoisotopic (exact) mass is 370 g/mol. The first-order chi connectivity index (χ1) is 12.9. The van der Waals surface area contributed by atoms with Gasteiger partial charge in [-0.1, -0.05) is 29.3 Å². The molecule has 0 unspecified atom stereocenters. The topological polar surface area (TPSA) is 49.9 Å². The second-order valence-corrected chi connectivity index (χ2v) is 6.77. The summed E-state index contributed by atoms with van der Waals surface area (Å²) in [5.41, 5.74) is 2.94. The van der Waals surface area contributed by atoms with E-state index < -0.39 is 5.97 Å². The third-order valence-corrected chi connectivity index (χ3v) is 4.61. The van der Waals surface area contributed by atoms with Crippen molar-refractivity contribution >= 4 is 17.6 Å². The number of nitrogens with zero attached hydrogens (tertiary/aromatic N) is 2. The largest absolute Gasteiger partial charge is 0.452 e. The minimum atomic E-state index is -0.500. The number of hydrogen-bond acceptors (Lipinski definition) is 4. The van der Waals surface area contributed by atoms with Crippen LogP contribution < -0.4 is 4.90 Å². The zero-order valence-electron chi connectivity index (χ0n) is 15.6. The van der Waals surface area contributed by atoms with Gasteiger partial charge in [0.15, 0.2) is 6.61 Å². The van der Waals surface area contributed by atoms with Crippen molar-refractivity contribution in [1.82, 2.24) is 4.90 Å². The summed E-state index contributed by atoms with van der Waals surface area (Å²) in [5, 5.41) is 0. The van der Waals surface area contributed by atoms with E-state index in [1.54, 1.807) is 35.2 Å². The van der Waals surface area contributed by atoms with Crippen molar-refractivity contribution < 1.29 is 18.7 Å². The molecule has 6 heteroatoms. The fourth-order valence-electron chi connectivity index (χ4n) is 3.30. The Morgan fingerprint density at radius 2 is 1.63 bits per heavy atom. The van der Waals surface area contributed by atoms with Gasteiger partial charge in [-0.15, -0.1) is 0 Å². The Kier molecular flexibility index (Phi) is 5.74. The summed E-state index contributed by atoms with van der Waals surface area (Å²) in [6, 6.07) is 12.1. The summed E-state index contributed by atoms with van der Waals surface area (Å²) in [4.78, 5) is 28.1. The smallest absolute Gasteiger partial charge is 0.338 e. The summed E-state index contributed by atoms with van der Waals surface area (Å²) in [6.07, 6.45) is 0. The Morgan fingerprint density at radius 3 is 2.26 bits per heavy atom. The number of piperazine rings is 1. The highest BCUT2D eigenvalue weighted by Gasteiger charge is 2.23. The van der Waals surface area contributed by atoms with Gasteiger partial charge in [0.1, 0.15) is 5.82 Å². The summed E-state index contributed by atoms with van der Waals surface area (Å²) < 4.78 is 19.1. The predicted octanol–water partition coefficient (Wildman–Crippen LogP) is 2.95. The molecule has 1 aliphatic heterocycles. The van der Waals surface area contributed by atoms with Crippen molar-refractivity contribution in [3.05, 3.63) is 65.0 Å². The third-order valence-electron chi connectivity index (χ3n) is 4.61. The fraction of sp³-hybridized carbons (Fsp3) is 0.333. The lowest BCUT2D eigenvalue weighted by atomic mass is 10.1. The molecule has 1 amide bonds. The highest BCUT2D eigenvalue weighted by molar-refractivity contribution is 5.91. The molecular weight excluding hydrogens is 347 g/mol. The van der Waals surface area contributed by atoms with E-state index in [9.17, 15) is 14.0 Å². The number of halogens is 1. The number of benzene rings is 2. The fourth-order valence-corrected chi connectivity index (χ4v) is 3.30. The number of hydrogen-bond donors (Lipinski definition) is 0. The Hall–Kier alpha value is -2.89. The molecule has 0 saturated carbocycles. The highest BCUT2D eigenvalue weighted by Crippen LogP contribution is 2.20. The molecule has 27 heavy (non-hydrogen) atoms. The van der Waals surface area contributed by atoms with Crippen LogP contribution in [0.1, 0.15) is 21.5 Å². The van der Waals surface area contributed by atoms with Crippen LogP contribution in [0.4, 0.5) is 10.1 Å². The summed E-state index contributed by atoms with van der Waals surface area (Å²) in [5.74, 6) is -0.999. The van der Waals surface area contributed by atoms with Crippen LogP contribution in [0.25, 0.3) is 0 Å². The van der Waals surface area contributed by atoms with E-state index in [0.29, 0.717) is 37.4 Å². The minimum absolute atomic E-state index is 0.235. The van der Waals surface area contributed by atoms with E-state index in [1.165, 1.54) is 6.07 Å². The van der Waals surface area contributed by atoms with Gasteiger partial charge in [-0.25, -0.2) is 9.18 Å². The van der Waals surface area contributed by atoms with Crippen LogP contribution in [0.3, 0.4) is 0 Å². The minimum Gasteiger partial charge on any atom is -0.452 e. The molecule has 5 nitrogen and oxygen atoms in total. The molecule has 142 valence electrons. The second kappa shape index (κ2) is 8.20. The number of carbonyl (C=O) groups excluding carboxylic acids is 2. The molecule has 0 N–H and O–H groups in total. The van der Waals surface area contributed by atoms with Crippen LogP contribution in [-0.4, -0.2) is 49.6 Å². The maximum Gasteiger partial charge on any atom is 0.338 e. The number of amides is 1. The first kappa shape index (κ1) is 18.9. The van der Waals surface area contributed by atoms with E-state index in [2.05, 4.69) is 0 Å². The van der Waals surface area contributed by atoms with Crippen LogP contribution in [-0.2, 0) is 9.53 Å². The molecule has 2 aromatic carbocycles. The van der Waals surface area contributed by atoms with Gasteiger partial charge >= 0.3 is 5.97 Å². The summed E-state index contributed by atoms with van der Waals surface area (Å²) in [7, 11) is 0. The van der Waals surface area contributed by atoms with Gasteiger partial charge in [0, 0.05) is 26.2 Å². The molecule has 1 saturated heterocycles.